The average molecular weight is 498 g/mol. The van der Waals surface area contributed by atoms with Crippen molar-refractivity contribution in [2.45, 2.75) is 32.3 Å². The van der Waals surface area contributed by atoms with Gasteiger partial charge in [-0.3, -0.25) is 9.36 Å². The molecule has 0 bridgehead atoms. The summed E-state index contributed by atoms with van der Waals surface area (Å²) in [6.45, 7) is 3.93. The summed E-state index contributed by atoms with van der Waals surface area (Å²) in [6, 6.07) is 15.4. The fourth-order valence-electron chi connectivity index (χ4n) is 3.52. The van der Waals surface area contributed by atoms with E-state index in [1.807, 2.05) is 44.2 Å². The number of rotatable bonds is 8. The van der Waals surface area contributed by atoms with Crippen molar-refractivity contribution in [2.75, 3.05) is 20.4 Å². The second-order valence-corrected chi connectivity index (χ2v) is 10.5. The molecule has 3 rings (SSSR count). The van der Waals surface area contributed by atoms with Gasteiger partial charge in [-0.1, -0.05) is 38.0 Å². The molecule has 1 heterocycles. The summed E-state index contributed by atoms with van der Waals surface area (Å²) in [5.74, 6) is 1.95. The molecule has 0 saturated carbocycles. The molecule has 9 heteroatoms. The summed E-state index contributed by atoms with van der Waals surface area (Å²) in [5.41, 5.74) is 5.97. The van der Waals surface area contributed by atoms with Crippen molar-refractivity contribution >= 4 is 13.3 Å². The molecule has 1 N–H and O–H groups in total. The quantitative estimate of drug-likeness (QED) is 0.268. The van der Waals surface area contributed by atoms with Crippen LogP contribution < -0.4 is 0 Å². The molecule has 3 aromatic rings. The lowest BCUT2D eigenvalue weighted by atomic mass is 10.0. The third-order valence-corrected chi connectivity index (χ3v) is 7.25. The first-order valence-electron chi connectivity index (χ1n) is 11.0. The lowest BCUT2D eigenvalue weighted by Crippen LogP contribution is -2.18. The van der Waals surface area contributed by atoms with Crippen molar-refractivity contribution < 1.29 is 28.1 Å². The third-order valence-electron chi connectivity index (χ3n) is 5.31. The normalized spacial score (nSPS) is 13.6. The highest BCUT2D eigenvalue weighted by Gasteiger charge is 2.27. The van der Waals surface area contributed by atoms with E-state index in [-0.39, 0.29) is 24.3 Å². The first-order chi connectivity index (χ1) is 16.7. The second-order valence-electron chi connectivity index (χ2n) is 8.23. The van der Waals surface area contributed by atoms with Crippen molar-refractivity contribution in [3.63, 3.8) is 0 Å². The van der Waals surface area contributed by atoms with Gasteiger partial charge >= 0.3 is 5.97 Å². The lowest BCUT2D eigenvalue weighted by Gasteiger charge is -2.14. The minimum absolute atomic E-state index is 0.0321. The number of ether oxygens (including phenoxy) is 1. The maximum absolute atomic E-state index is 13.7. The fourth-order valence-corrected chi connectivity index (χ4v) is 4.82. The monoisotopic (exact) mass is 498 g/mol. The molecule has 0 fully saturated rings. The van der Waals surface area contributed by atoms with E-state index in [9.17, 15) is 18.9 Å². The number of esters is 1. The van der Waals surface area contributed by atoms with Gasteiger partial charge in [0.1, 0.15) is 5.82 Å². The Morgan fingerprint density at radius 2 is 1.80 bits per heavy atom. The topological polar surface area (TPSA) is 90.7 Å². The van der Waals surface area contributed by atoms with Crippen molar-refractivity contribution in [1.29, 1.82) is 0 Å². The van der Waals surface area contributed by atoms with Crippen LogP contribution in [0.1, 0.15) is 37.4 Å². The number of nitrogens with zero attached hydrogens (tertiary/aromatic N) is 2. The maximum Gasteiger partial charge on any atom is 0.308 e. The summed E-state index contributed by atoms with van der Waals surface area (Å²) in [6.07, 6.45) is -1.90. The fraction of sp³-hybridized carbons (Fsp3) is 0.308. The summed E-state index contributed by atoms with van der Waals surface area (Å²) >= 11 is 0. The van der Waals surface area contributed by atoms with Crippen LogP contribution in [0, 0.1) is 17.4 Å². The van der Waals surface area contributed by atoms with Gasteiger partial charge in [-0.05, 0) is 48.0 Å². The van der Waals surface area contributed by atoms with Crippen LogP contribution in [0.3, 0.4) is 0 Å². The number of hydrogen-bond acceptors (Lipinski definition) is 6. The van der Waals surface area contributed by atoms with Gasteiger partial charge in [-0.15, -0.1) is 0 Å². The number of aliphatic hydroxyl groups is 1. The van der Waals surface area contributed by atoms with Crippen LogP contribution in [-0.2, 0) is 18.6 Å². The predicted molar refractivity (Wildman–Crippen MR) is 132 cm³/mol. The van der Waals surface area contributed by atoms with Gasteiger partial charge < -0.3 is 14.4 Å². The number of para-hydroxylation sites is 1. The number of aliphatic hydroxyl groups excluding tert-OH is 1. The van der Waals surface area contributed by atoms with Crippen molar-refractivity contribution in [2.24, 2.45) is 0 Å². The summed E-state index contributed by atoms with van der Waals surface area (Å²) in [4.78, 5) is 11.5. The van der Waals surface area contributed by atoms with Gasteiger partial charge in [0, 0.05) is 12.7 Å². The molecule has 184 valence electrons. The largest absolute Gasteiger partial charge is 0.469 e. The van der Waals surface area contributed by atoms with Crippen molar-refractivity contribution in [3.8, 4) is 28.5 Å². The molecule has 0 radical (unpaired) electrons. The minimum atomic E-state index is -3.64. The van der Waals surface area contributed by atoms with E-state index in [4.69, 9.17) is 9.62 Å². The molecule has 2 aromatic carbocycles. The number of methoxy groups -OCH3 is 1. The second kappa shape index (κ2) is 11.5. The van der Waals surface area contributed by atoms with Crippen LogP contribution in [0.2, 0.25) is 0 Å². The molecule has 0 aliphatic heterocycles. The Morgan fingerprint density at radius 3 is 2.37 bits per heavy atom. The molecule has 35 heavy (non-hydrogen) atoms. The van der Waals surface area contributed by atoms with Crippen LogP contribution in [-0.4, -0.2) is 47.3 Å². The zero-order chi connectivity index (χ0) is 25.6. The van der Waals surface area contributed by atoms with E-state index in [0.29, 0.717) is 22.5 Å². The van der Waals surface area contributed by atoms with Gasteiger partial charge in [0.05, 0.1) is 48.4 Å². The predicted octanol–water partition coefficient (Wildman–Crippen LogP) is 4.96. The van der Waals surface area contributed by atoms with Crippen molar-refractivity contribution in [3.05, 3.63) is 71.7 Å². The Morgan fingerprint density at radius 1 is 1.14 bits per heavy atom. The van der Waals surface area contributed by atoms with Crippen LogP contribution in [0.5, 0.6) is 0 Å². The average Bonchev–Trinajstić information content (AvgIpc) is 3.23. The summed E-state index contributed by atoms with van der Waals surface area (Å²) in [5, 5.41) is 15.0. The molecular weight excluding hydrogens is 470 g/mol. The highest BCUT2D eigenvalue weighted by atomic mass is 31.2. The Labute approximate surface area is 204 Å². The standard InChI is InChI=1S/C26H28FN2O5P/c1-18(2)25-23(14-15-35(32,34-4)17-22(30)16-24(31)33-3)26(19-10-12-20(27)13-11-19)29(28-25)21-8-6-5-7-9-21/h5-13,18,22,30H,16-17H2,1-4H3/t22-,35?/m0/s1. The Hall–Kier alpha value is -3.24. The maximum atomic E-state index is 13.7. The highest BCUT2D eigenvalue weighted by molar-refractivity contribution is 7.64. The van der Waals surface area contributed by atoms with Gasteiger partial charge in [0.25, 0.3) is 7.37 Å². The minimum Gasteiger partial charge on any atom is -0.469 e. The number of benzene rings is 2. The molecule has 0 aliphatic rings. The Balaban J connectivity index is 2.17. The Bertz CT molecular complexity index is 1280. The molecule has 0 spiro atoms. The van der Waals surface area contributed by atoms with E-state index in [0.717, 1.165) is 5.69 Å². The zero-order valence-corrected chi connectivity index (χ0v) is 21.0. The van der Waals surface area contributed by atoms with Gasteiger partial charge in [-0.2, -0.15) is 5.10 Å². The van der Waals surface area contributed by atoms with Crippen LogP contribution in [0.25, 0.3) is 16.9 Å². The zero-order valence-electron chi connectivity index (χ0n) is 20.1. The van der Waals surface area contributed by atoms with Crippen LogP contribution in [0.15, 0.2) is 54.6 Å². The summed E-state index contributed by atoms with van der Waals surface area (Å²) < 4.78 is 38.5. The van der Waals surface area contributed by atoms with Gasteiger partial charge in [-0.25, -0.2) is 9.07 Å². The number of halogens is 1. The van der Waals surface area contributed by atoms with Crippen LogP contribution in [0.4, 0.5) is 4.39 Å². The van der Waals surface area contributed by atoms with Crippen LogP contribution >= 0.6 is 7.37 Å². The number of hydrogen-bond donors (Lipinski definition) is 1. The molecule has 2 atom stereocenters. The van der Waals surface area contributed by atoms with E-state index in [1.54, 1.807) is 16.8 Å². The molecule has 1 unspecified atom stereocenters. The van der Waals surface area contributed by atoms with E-state index < -0.39 is 19.4 Å². The molecule has 0 saturated heterocycles. The third kappa shape index (κ3) is 6.46. The number of carbonyl (C=O) groups is 1. The SMILES string of the molecule is COC(=O)C[C@H](O)CP(=O)(C#Cc1c(C(C)C)nn(-c2ccccc2)c1-c1ccc(F)cc1)OC. The van der Waals surface area contributed by atoms with E-state index in [2.05, 4.69) is 16.3 Å². The van der Waals surface area contributed by atoms with E-state index in [1.165, 1.54) is 26.4 Å². The molecular formula is C26H28FN2O5P. The number of aromatic nitrogens is 2. The Kier molecular flexibility index (Phi) is 8.63. The number of carbonyl (C=O) groups excluding carboxylic acids is 1. The highest BCUT2D eigenvalue weighted by Crippen LogP contribution is 2.46. The van der Waals surface area contributed by atoms with Gasteiger partial charge in [0.15, 0.2) is 0 Å². The lowest BCUT2D eigenvalue weighted by molar-refractivity contribution is -0.142. The molecule has 0 aliphatic carbocycles. The smallest absolute Gasteiger partial charge is 0.308 e. The summed E-state index contributed by atoms with van der Waals surface area (Å²) in [7, 11) is -1.18. The first kappa shape index (κ1) is 26.4. The molecule has 1 aromatic heterocycles. The molecule has 7 nitrogen and oxygen atoms in total. The van der Waals surface area contributed by atoms with Crippen molar-refractivity contribution in [1.82, 2.24) is 9.78 Å². The molecule has 0 amide bonds. The first-order valence-corrected chi connectivity index (χ1v) is 12.9. The van der Waals surface area contributed by atoms with E-state index >= 15 is 0 Å². The van der Waals surface area contributed by atoms with Gasteiger partial charge in [0.2, 0.25) is 0 Å².